The molecule has 5 amide bonds. The monoisotopic (exact) mass is 586 g/mol. The van der Waals surface area contributed by atoms with Crippen molar-refractivity contribution in [3.8, 4) is 0 Å². The SMILES string of the molecule is CCCC(NC(=O)C1C2C=CC(C2)C1NC(=O)C(NC(=O)[CH]C1CCCCC1)C(C)(C)C(N)=O)C(O)(C(N)=O)C1CC1. The highest BCUT2D eigenvalue weighted by Crippen LogP contribution is 2.46. The van der Waals surface area contributed by atoms with Crippen molar-refractivity contribution >= 4 is 29.5 Å². The topological polar surface area (TPSA) is 194 Å². The zero-order chi connectivity index (χ0) is 30.8. The number of primary amides is 2. The standard InChI is InChI=1S/C31H48N5O6/c1-4-8-21(31(42,29(33)41)20-13-14-20)34-26(38)23-18-11-12-19(16-18)24(23)36-27(39)25(30(2,3)28(32)40)35-22(37)15-17-9-6-5-7-10-17/h11-12,15,17-21,23-25,42H,4-10,13-14,16H2,1-3H3,(H2,32,40)(H2,33,41)(H,34,38)(H,35,37)(H,36,39). The molecule has 42 heavy (non-hydrogen) atoms. The third-order valence-electron chi connectivity index (χ3n) is 10.0. The molecule has 4 aliphatic carbocycles. The van der Waals surface area contributed by atoms with E-state index in [-0.39, 0.29) is 29.6 Å². The van der Waals surface area contributed by atoms with E-state index >= 15 is 0 Å². The first kappa shape index (κ1) is 32.0. The number of nitrogens with one attached hydrogen (secondary N) is 3. The number of allylic oxidation sites excluding steroid dienone is 1. The fourth-order valence-corrected chi connectivity index (χ4v) is 7.19. The van der Waals surface area contributed by atoms with Gasteiger partial charge in [-0.25, -0.2) is 0 Å². The molecule has 2 bridgehead atoms. The van der Waals surface area contributed by atoms with Crippen LogP contribution in [0.3, 0.4) is 0 Å². The summed E-state index contributed by atoms with van der Waals surface area (Å²) in [4.78, 5) is 65.4. The number of aliphatic hydroxyl groups is 1. The Kier molecular flexibility index (Phi) is 9.69. The van der Waals surface area contributed by atoms with Crippen molar-refractivity contribution in [1.29, 1.82) is 0 Å². The molecule has 1 radical (unpaired) electrons. The number of rotatable bonds is 14. The summed E-state index contributed by atoms with van der Waals surface area (Å²) < 4.78 is 0. The van der Waals surface area contributed by atoms with Gasteiger partial charge in [0.25, 0.3) is 5.91 Å². The molecule has 11 heteroatoms. The Bertz CT molecular complexity index is 1100. The van der Waals surface area contributed by atoms with Gasteiger partial charge in [-0.2, -0.15) is 0 Å². The van der Waals surface area contributed by atoms with Gasteiger partial charge in [0.1, 0.15) is 6.04 Å². The normalized spacial score (nSPS) is 28.4. The van der Waals surface area contributed by atoms with Gasteiger partial charge in [-0.3, -0.25) is 24.0 Å². The van der Waals surface area contributed by atoms with Crippen molar-refractivity contribution in [2.24, 2.45) is 46.5 Å². The molecule has 7 atom stereocenters. The first-order valence-electron chi connectivity index (χ1n) is 15.6. The lowest BCUT2D eigenvalue weighted by Gasteiger charge is -2.37. The molecule has 0 aromatic rings. The molecule has 11 nitrogen and oxygen atoms in total. The summed E-state index contributed by atoms with van der Waals surface area (Å²) >= 11 is 0. The van der Waals surface area contributed by atoms with Gasteiger partial charge < -0.3 is 32.5 Å². The third kappa shape index (κ3) is 6.50. The van der Waals surface area contributed by atoms with Crippen LogP contribution < -0.4 is 27.4 Å². The molecule has 0 aromatic heterocycles. The minimum atomic E-state index is -1.84. The molecule has 3 fully saturated rings. The van der Waals surface area contributed by atoms with Crippen molar-refractivity contribution in [3.05, 3.63) is 18.6 Å². The maximum atomic E-state index is 13.8. The van der Waals surface area contributed by atoms with Crippen LogP contribution in [0.4, 0.5) is 0 Å². The molecule has 4 rings (SSSR count). The molecule has 4 aliphatic rings. The maximum Gasteiger partial charge on any atom is 0.251 e. The average molecular weight is 587 g/mol. The van der Waals surface area contributed by atoms with E-state index in [1.54, 1.807) is 6.42 Å². The van der Waals surface area contributed by atoms with Gasteiger partial charge in [0, 0.05) is 6.04 Å². The van der Waals surface area contributed by atoms with E-state index in [0.29, 0.717) is 32.1 Å². The predicted molar refractivity (Wildman–Crippen MR) is 156 cm³/mol. The second kappa shape index (κ2) is 12.7. The molecular formula is C31H48N5O6. The van der Waals surface area contributed by atoms with Crippen LogP contribution >= 0.6 is 0 Å². The Labute approximate surface area is 248 Å². The highest BCUT2D eigenvalue weighted by Gasteiger charge is 2.56. The number of amides is 5. The van der Waals surface area contributed by atoms with E-state index in [1.165, 1.54) is 13.8 Å². The van der Waals surface area contributed by atoms with Crippen LogP contribution in [0.1, 0.15) is 85.0 Å². The summed E-state index contributed by atoms with van der Waals surface area (Å²) in [5.74, 6) is -4.10. The Balaban J connectivity index is 1.51. The molecule has 0 aromatic carbocycles. The third-order valence-corrected chi connectivity index (χ3v) is 10.0. The minimum absolute atomic E-state index is 0.119. The number of hydrogen-bond acceptors (Lipinski definition) is 6. The fourth-order valence-electron chi connectivity index (χ4n) is 7.19. The molecule has 3 saturated carbocycles. The smallest absolute Gasteiger partial charge is 0.251 e. The van der Waals surface area contributed by atoms with Gasteiger partial charge in [0.05, 0.1) is 23.8 Å². The number of carbonyl (C=O) groups excluding carboxylic acids is 5. The van der Waals surface area contributed by atoms with E-state index in [4.69, 9.17) is 11.5 Å². The number of nitrogens with two attached hydrogens (primary N) is 2. The van der Waals surface area contributed by atoms with Gasteiger partial charge in [-0.15, -0.1) is 0 Å². The number of carbonyl (C=O) groups is 5. The molecule has 7 unspecified atom stereocenters. The molecule has 233 valence electrons. The maximum absolute atomic E-state index is 13.8. The molecule has 0 saturated heterocycles. The van der Waals surface area contributed by atoms with Crippen LogP contribution in [0.2, 0.25) is 0 Å². The molecule has 0 spiro atoms. The van der Waals surface area contributed by atoms with Gasteiger partial charge >= 0.3 is 0 Å². The van der Waals surface area contributed by atoms with E-state index < -0.39 is 58.7 Å². The Hall–Kier alpha value is -2.95. The summed E-state index contributed by atoms with van der Waals surface area (Å²) in [6.07, 6.45) is 13.5. The van der Waals surface area contributed by atoms with Gasteiger partial charge in [0.15, 0.2) is 5.60 Å². The summed E-state index contributed by atoms with van der Waals surface area (Å²) in [6, 6.07) is -2.71. The van der Waals surface area contributed by atoms with Crippen molar-refractivity contribution in [2.45, 2.75) is 109 Å². The Morgan fingerprint density at radius 2 is 1.60 bits per heavy atom. The van der Waals surface area contributed by atoms with Gasteiger partial charge in [-0.1, -0.05) is 44.8 Å². The fraction of sp³-hybridized carbons (Fsp3) is 0.742. The van der Waals surface area contributed by atoms with Gasteiger partial charge in [-0.05, 0) is 76.0 Å². The zero-order valence-corrected chi connectivity index (χ0v) is 25.1. The summed E-state index contributed by atoms with van der Waals surface area (Å²) in [7, 11) is 0. The second-order valence-corrected chi connectivity index (χ2v) is 13.4. The molecule has 0 heterocycles. The average Bonchev–Trinajstić information content (AvgIpc) is 3.60. The lowest BCUT2D eigenvalue weighted by atomic mass is 9.81. The van der Waals surface area contributed by atoms with Crippen LogP contribution in [0, 0.1) is 41.4 Å². The van der Waals surface area contributed by atoms with Crippen LogP contribution in [0.5, 0.6) is 0 Å². The van der Waals surface area contributed by atoms with Crippen LogP contribution in [-0.2, 0) is 24.0 Å². The highest BCUT2D eigenvalue weighted by molar-refractivity contribution is 5.97. The summed E-state index contributed by atoms with van der Waals surface area (Å²) in [6.45, 7) is 4.93. The van der Waals surface area contributed by atoms with E-state index in [0.717, 1.165) is 32.1 Å². The lowest BCUT2D eigenvalue weighted by molar-refractivity contribution is -0.145. The van der Waals surface area contributed by atoms with Crippen LogP contribution in [0.15, 0.2) is 12.2 Å². The zero-order valence-electron chi connectivity index (χ0n) is 25.1. The Morgan fingerprint density at radius 3 is 2.17 bits per heavy atom. The number of hydrogen-bond donors (Lipinski definition) is 6. The van der Waals surface area contributed by atoms with Crippen molar-refractivity contribution in [2.75, 3.05) is 0 Å². The van der Waals surface area contributed by atoms with Crippen LogP contribution in [-0.4, -0.2) is 58.4 Å². The minimum Gasteiger partial charge on any atom is -0.378 e. The van der Waals surface area contributed by atoms with E-state index in [2.05, 4.69) is 16.0 Å². The predicted octanol–water partition coefficient (Wildman–Crippen LogP) is 0.985. The quantitative estimate of drug-likeness (QED) is 0.164. The first-order chi connectivity index (χ1) is 19.8. The first-order valence-corrected chi connectivity index (χ1v) is 15.6. The van der Waals surface area contributed by atoms with Crippen molar-refractivity contribution < 1.29 is 29.1 Å². The Morgan fingerprint density at radius 1 is 0.952 bits per heavy atom. The second-order valence-electron chi connectivity index (χ2n) is 13.4. The summed E-state index contributed by atoms with van der Waals surface area (Å²) in [5, 5.41) is 19.9. The number of fused-ring (bicyclic) bond motifs is 2. The molecule has 0 aliphatic heterocycles. The van der Waals surface area contributed by atoms with Crippen molar-refractivity contribution in [1.82, 2.24) is 16.0 Å². The summed E-state index contributed by atoms with van der Waals surface area (Å²) in [5.41, 5.74) is 8.07. The van der Waals surface area contributed by atoms with E-state index in [9.17, 15) is 29.1 Å². The largest absolute Gasteiger partial charge is 0.378 e. The van der Waals surface area contributed by atoms with Crippen LogP contribution in [0.25, 0.3) is 0 Å². The van der Waals surface area contributed by atoms with Gasteiger partial charge in [0.2, 0.25) is 23.6 Å². The molecule has 8 N–H and O–H groups in total. The van der Waals surface area contributed by atoms with E-state index in [1.807, 2.05) is 19.1 Å². The highest BCUT2D eigenvalue weighted by atomic mass is 16.3. The molecular weight excluding hydrogens is 538 g/mol. The lowest BCUT2D eigenvalue weighted by Crippen LogP contribution is -2.64. The van der Waals surface area contributed by atoms with Crippen molar-refractivity contribution in [3.63, 3.8) is 0 Å².